The smallest absolute Gasteiger partial charge is 0.308 e. The minimum Gasteiger partial charge on any atom is -0.481 e. The average molecular weight is 348 g/mol. The molecule has 2 unspecified atom stereocenters. The zero-order chi connectivity index (χ0) is 18.8. The van der Waals surface area contributed by atoms with E-state index in [9.17, 15) is 14.7 Å². The van der Waals surface area contributed by atoms with Crippen molar-refractivity contribution in [2.24, 2.45) is 5.41 Å². The molecule has 0 aliphatic heterocycles. The van der Waals surface area contributed by atoms with Gasteiger partial charge in [-0.05, 0) is 19.3 Å². The van der Waals surface area contributed by atoms with Crippen LogP contribution >= 0.6 is 0 Å². The van der Waals surface area contributed by atoms with Crippen molar-refractivity contribution in [2.75, 3.05) is 13.2 Å². The fourth-order valence-electron chi connectivity index (χ4n) is 2.34. The van der Waals surface area contributed by atoms with Crippen molar-refractivity contribution < 1.29 is 34.4 Å². The molecule has 142 valence electrons. The molecule has 0 saturated heterocycles. The van der Waals surface area contributed by atoms with Gasteiger partial charge in [0, 0.05) is 25.2 Å². The number of ether oxygens (including phenoxy) is 2. The van der Waals surface area contributed by atoms with Gasteiger partial charge in [-0.25, -0.2) is 0 Å². The molecule has 0 amide bonds. The maximum Gasteiger partial charge on any atom is 0.308 e. The Hall–Kier alpha value is -1.18. The second-order valence-corrected chi connectivity index (χ2v) is 6.80. The number of unbranched alkanes of at least 4 members (excludes halogenated alkanes) is 1. The van der Waals surface area contributed by atoms with Crippen molar-refractivity contribution >= 4 is 11.9 Å². The molecule has 0 heterocycles. The summed E-state index contributed by atoms with van der Waals surface area (Å²) in [7, 11) is 0. The Morgan fingerprint density at radius 2 is 1.71 bits per heavy atom. The predicted octanol–water partition coefficient (Wildman–Crippen LogP) is 2.09. The van der Waals surface area contributed by atoms with E-state index in [1.54, 1.807) is 6.92 Å². The zero-order valence-corrected chi connectivity index (χ0v) is 15.2. The molecule has 0 radical (unpaired) electrons. The van der Waals surface area contributed by atoms with Crippen LogP contribution in [0.1, 0.15) is 66.2 Å². The van der Waals surface area contributed by atoms with Crippen molar-refractivity contribution in [1.29, 1.82) is 0 Å². The summed E-state index contributed by atoms with van der Waals surface area (Å²) >= 11 is 0. The Bertz CT molecular complexity index is 394. The van der Waals surface area contributed by atoms with E-state index in [1.807, 2.05) is 20.8 Å². The zero-order valence-electron chi connectivity index (χ0n) is 15.2. The summed E-state index contributed by atoms with van der Waals surface area (Å²) < 4.78 is 11.2. The van der Waals surface area contributed by atoms with Crippen molar-refractivity contribution in [2.45, 2.75) is 78.1 Å². The minimum absolute atomic E-state index is 0.0189. The van der Waals surface area contributed by atoms with Gasteiger partial charge in [0.25, 0.3) is 0 Å². The standard InChI is InChI=1S/C17H32O7/c1-5-10-16(2,3)17(4,23-12-13(19)11-18)24-15(22)9-7-6-8-14(20)21/h13,18-19H,5-12H2,1-4H3,(H,20,21). The SMILES string of the molecule is CCCC(C)(C)C(C)(OCC(O)CO)OC(=O)CCCCC(=O)O. The second-order valence-electron chi connectivity index (χ2n) is 6.80. The lowest BCUT2D eigenvalue weighted by Crippen LogP contribution is -2.49. The largest absolute Gasteiger partial charge is 0.481 e. The van der Waals surface area contributed by atoms with Gasteiger partial charge in [-0.15, -0.1) is 0 Å². The summed E-state index contributed by atoms with van der Waals surface area (Å²) in [5.41, 5.74) is -0.492. The molecule has 2 atom stereocenters. The summed E-state index contributed by atoms with van der Waals surface area (Å²) in [5, 5.41) is 27.0. The summed E-state index contributed by atoms with van der Waals surface area (Å²) in [6.07, 6.45) is 1.52. The number of carbonyl (C=O) groups excluding carboxylic acids is 1. The summed E-state index contributed by atoms with van der Waals surface area (Å²) in [4.78, 5) is 22.6. The first-order valence-electron chi connectivity index (χ1n) is 8.44. The molecule has 7 nitrogen and oxygen atoms in total. The molecule has 0 spiro atoms. The van der Waals surface area contributed by atoms with Gasteiger partial charge in [-0.3, -0.25) is 9.59 Å². The number of hydrogen-bond acceptors (Lipinski definition) is 6. The highest BCUT2D eigenvalue weighted by atomic mass is 16.7. The van der Waals surface area contributed by atoms with Gasteiger partial charge in [-0.1, -0.05) is 27.2 Å². The van der Waals surface area contributed by atoms with Crippen LogP contribution in [-0.2, 0) is 19.1 Å². The molecule has 0 saturated carbocycles. The Balaban J connectivity index is 4.80. The van der Waals surface area contributed by atoms with Crippen LogP contribution < -0.4 is 0 Å². The molecule has 24 heavy (non-hydrogen) atoms. The van der Waals surface area contributed by atoms with Crippen molar-refractivity contribution in [3.8, 4) is 0 Å². The Kier molecular flexibility index (Phi) is 10.1. The highest BCUT2D eigenvalue weighted by Gasteiger charge is 2.45. The van der Waals surface area contributed by atoms with Crippen LogP contribution in [0.15, 0.2) is 0 Å². The van der Waals surface area contributed by atoms with E-state index in [-0.39, 0.29) is 19.4 Å². The number of aliphatic carboxylic acids is 1. The van der Waals surface area contributed by atoms with Crippen LogP contribution in [0.4, 0.5) is 0 Å². The number of esters is 1. The van der Waals surface area contributed by atoms with Crippen LogP contribution in [0.2, 0.25) is 0 Å². The molecule has 0 aliphatic carbocycles. The lowest BCUT2D eigenvalue weighted by atomic mass is 9.79. The maximum atomic E-state index is 12.1. The first-order valence-corrected chi connectivity index (χ1v) is 8.44. The number of carboxylic acid groups (broad SMARTS) is 1. The van der Waals surface area contributed by atoms with E-state index in [1.165, 1.54) is 0 Å². The van der Waals surface area contributed by atoms with E-state index in [4.69, 9.17) is 19.7 Å². The minimum atomic E-state index is -1.25. The van der Waals surface area contributed by atoms with Crippen molar-refractivity contribution in [1.82, 2.24) is 0 Å². The van der Waals surface area contributed by atoms with E-state index in [0.29, 0.717) is 12.8 Å². The van der Waals surface area contributed by atoms with Gasteiger partial charge < -0.3 is 24.8 Å². The van der Waals surface area contributed by atoms with Gasteiger partial charge in [0.05, 0.1) is 13.2 Å². The second kappa shape index (κ2) is 10.6. The van der Waals surface area contributed by atoms with Gasteiger partial charge >= 0.3 is 11.9 Å². The molecule has 0 aromatic carbocycles. The number of aliphatic hydroxyl groups is 2. The van der Waals surface area contributed by atoms with E-state index < -0.39 is 35.9 Å². The molecule has 3 N–H and O–H groups in total. The van der Waals surface area contributed by atoms with Crippen LogP contribution in [-0.4, -0.2) is 52.4 Å². The fraction of sp³-hybridized carbons (Fsp3) is 0.882. The summed E-state index contributed by atoms with van der Waals surface area (Å²) in [6.45, 7) is 6.92. The van der Waals surface area contributed by atoms with Gasteiger partial charge in [-0.2, -0.15) is 0 Å². The number of rotatable bonds is 13. The molecule has 0 aromatic heterocycles. The number of hydrogen-bond donors (Lipinski definition) is 3. The monoisotopic (exact) mass is 348 g/mol. The maximum absolute atomic E-state index is 12.1. The predicted molar refractivity (Wildman–Crippen MR) is 88.3 cm³/mol. The van der Waals surface area contributed by atoms with Crippen LogP contribution in [0, 0.1) is 5.41 Å². The highest BCUT2D eigenvalue weighted by molar-refractivity contribution is 5.70. The topological polar surface area (TPSA) is 113 Å². The third kappa shape index (κ3) is 8.08. The third-order valence-electron chi connectivity index (χ3n) is 4.20. The average Bonchev–Trinajstić information content (AvgIpc) is 2.48. The quantitative estimate of drug-likeness (QED) is 0.265. The van der Waals surface area contributed by atoms with Gasteiger partial charge in [0.1, 0.15) is 6.10 Å². The molecular weight excluding hydrogens is 316 g/mol. The lowest BCUT2D eigenvalue weighted by molar-refractivity contribution is -0.278. The van der Waals surface area contributed by atoms with Crippen molar-refractivity contribution in [3.05, 3.63) is 0 Å². The van der Waals surface area contributed by atoms with E-state index >= 15 is 0 Å². The number of carbonyl (C=O) groups is 2. The van der Waals surface area contributed by atoms with E-state index in [2.05, 4.69) is 0 Å². The summed E-state index contributed by atoms with van der Waals surface area (Å²) in [5.74, 6) is -2.60. The number of aliphatic hydroxyl groups excluding tert-OH is 2. The first-order chi connectivity index (χ1) is 11.1. The molecule has 0 aromatic rings. The molecule has 0 rings (SSSR count). The van der Waals surface area contributed by atoms with Crippen LogP contribution in [0.3, 0.4) is 0 Å². The van der Waals surface area contributed by atoms with Crippen molar-refractivity contribution in [3.63, 3.8) is 0 Å². The fourth-order valence-corrected chi connectivity index (χ4v) is 2.34. The van der Waals surface area contributed by atoms with Crippen LogP contribution in [0.25, 0.3) is 0 Å². The summed E-state index contributed by atoms with van der Waals surface area (Å²) in [6, 6.07) is 0. The Labute approximate surface area is 144 Å². The number of carboxylic acids is 1. The van der Waals surface area contributed by atoms with E-state index in [0.717, 1.165) is 12.8 Å². The van der Waals surface area contributed by atoms with Gasteiger partial charge in [0.15, 0.2) is 0 Å². The third-order valence-corrected chi connectivity index (χ3v) is 4.20. The van der Waals surface area contributed by atoms with Gasteiger partial charge in [0.2, 0.25) is 5.79 Å². The molecule has 0 bridgehead atoms. The Morgan fingerprint density at radius 3 is 2.21 bits per heavy atom. The Morgan fingerprint density at radius 1 is 1.12 bits per heavy atom. The normalized spacial score (nSPS) is 15.6. The molecule has 7 heteroatoms. The molecule has 0 aliphatic rings. The molecule has 0 fully saturated rings. The lowest BCUT2D eigenvalue weighted by Gasteiger charge is -2.43. The highest BCUT2D eigenvalue weighted by Crippen LogP contribution is 2.39. The van der Waals surface area contributed by atoms with Crippen LogP contribution in [0.5, 0.6) is 0 Å². The first kappa shape index (κ1) is 22.8. The molecular formula is C17H32O7.